The minimum absolute atomic E-state index is 0.151. The van der Waals surface area contributed by atoms with Gasteiger partial charge in [-0.05, 0) is 57.4 Å². The second-order valence-electron chi connectivity index (χ2n) is 5.21. The normalized spacial score (nSPS) is 10.2. The topological polar surface area (TPSA) is 81.7 Å². The summed E-state index contributed by atoms with van der Waals surface area (Å²) in [6.45, 7) is 6.60. The molecule has 1 aromatic rings. The average molecular weight is 321 g/mol. The van der Waals surface area contributed by atoms with Crippen molar-refractivity contribution in [3.05, 3.63) is 24.3 Å². The molecule has 6 nitrogen and oxygen atoms in total. The first-order valence-electron chi connectivity index (χ1n) is 8.17. The lowest BCUT2D eigenvalue weighted by Gasteiger charge is -2.21. The first-order chi connectivity index (χ1) is 11.1. The van der Waals surface area contributed by atoms with Crippen LogP contribution in [0, 0.1) is 0 Å². The highest BCUT2D eigenvalue weighted by molar-refractivity contribution is 6.39. The summed E-state index contributed by atoms with van der Waals surface area (Å²) in [4.78, 5) is 25.7. The Labute approximate surface area is 137 Å². The summed E-state index contributed by atoms with van der Waals surface area (Å²) >= 11 is 0. The van der Waals surface area contributed by atoms with E-state index in [0.717, 1.165) is 31.6 Å². The van der Waals surface area contributed by atoms with E-state index in [4.69, 9.17) is 5.11 Å². The Morgan fingerprint density at radius 1 is 1.00 bits per heavy atom. The SMILES string of the molecule is CCN(CC)c1ccc(NC(=O)C(=O)NCCCCCO)cc1. The molecular formula is C17H27N3O3. The van der Waals surface area contributed by atoms with E-state index in [1.807, 2.05) is 12.1 Å². The molecule has 6 heteroatoms. The molecule has 0 aliphatic heterocycles. The maximum Gasteiger partial charge on any atom is 0.313 e. The minimum Gasteiger partial charge on any atom is -0.396 e. The third-order valence-electron chi connectivity index (χ3n) is 3.58. The molecule has 3 N–H and O–H groups in total. The number of aliphatic hydroxyl groups excluding tert-OH is 1. The van der Waals surface area contributed by atoms with Gasteiger partial charge in [-0.1, -0.05) is 0 Å². The van der Waals surface area contributed by atoms with E-state index >= 15 is 0 Å². The van der Waals surface area contributed by atoms with Crippen LogP contribution >= 0.6 is 0 Å². The molecule has 0 saturated heterocycles. The Bertz CT molecular complexity index is 484. The van der Waals surface area contributed by atoms with Crippen molar-refractivity contribution in [1.29, 1.82) is 0 Å². The third-order valence-corrected chi connectivity index (χ3v) is 3.58. The van der Waals surface area contributed by atoms with Gasteiger partial charge in [0.25, 0.3) is 0 Å². The van der Waals surface area contributed by atoms with E-state index in [1.165, 1.54) is 0 Å². The number of hydrogen-bond donors (Lipinski definition) is 3. The number of aliphatic hydroxyl groups is 1. The maximum absolute atomic E-state index is 11.8. The summed E-state index contributed by atoms with van der Waals surface area (Å²) in [5, 5.41) is 13.8. The number of benzene rings is 1. The van der Waals surface area contributed by atoms with Gasteiger partial charge in [-0.3, -0.25) is 9.59 Å². The molecule has 0 aliphatic rings. The van der Waals surface area contributed by atoms with Crippen LogP contribution in [0.1, 0.15) is 33.1 Å². The lowest BCUT2D eigenvalue weighted by atomic mass is 10.2. The van der Waals surface area contributed by atoms with Crippen LogP contribution in [0.4, 0.5) is 11.4 Å². The van der Waals surface area contributed by atoms with Gasteiger partial charge in [0, 0.05) is 37.6 Å². The zero-order valence-electron chi connectivity index (χ0n) is 14.0. The van der Waals surface area contributed by atoms with Gasteiger partial charge in [0.05, 0.1) is 0 Å². The number of amides is 2. The summed E-state index contributed by atoms with van der Waals surface area (Å²) in [7, 11) is 0. The molecule has 0 aliphatic carbocycles. The Balaban J connectivity index is 2.42. The summed E-state index contributed by atoms with van der Waals surface area (Å²) < 4.78 is 0. The third kappa shape index (κ3) is 6.69. The molecule has 0 bridgehead atoms. The van der Waals surface area contributed by atoms with E-state index < -0.39 is 11.8 Å². The number of nitrogens with one attached hydrogen (secondary N) is 2. The summed E-state index contributed by atoms with van der Waals surface area (Å²) in [5.41, 5.74) is 1.68. The largest absolute Gasteiger partial charge is 0.396 e. The van der Waals surface area contributed by atoms with Crippen LogP contribution in [0.25, 0.3) is 0 Å². The van der Waals surface area contributed by atoms with Gasteiger partial charge in [-0.15, -0.1) is 0 Å². The van der Waals surface area contributed by atoms with E-state index in [-0.39, 0.29) is 6.61 Å². The highest BCUT2D eigenvalue weighted by Crippen LogP contribution is 2.17. The van der Waals surface area contributed by atoms with Gasteiger partial charge in [-0.2, -0.15) is 0 Å². The van der Waals surface area contributed by atoms with E-state index in [1.54, 1.807) is 12.1 Å². The fraction of sp³-hybridized carbons (Fsp3) is 0.529. The van der Waals surface area contributed by atoms with Crippen LogP contribution < -0.4 is 15.5 Å². The summed E-state index contributed by atoms with van der Waals surface area (Å²) in [5.74, 6) is -1.30. The first-order valence-corrected chi connectivity index (χ1v) is 8.17. The van der Waals surface area contributed by atoms with Gasteiger partial charge in [0.1, 0.15) is 0 Å². The van der Waals surface area contributed by atoms with Crippen LogP contribution in [-0.4, -0.2) is 43.2 Å². The zero-order chi connectivity index (χ0) is 17.1. The number of anilines is 2. The fourth-order valence-electron chi connectivity index (χ4n) is 2.23. The van der Waals surface area contributed by atoms with Gasteiger partial charge in [0.2, 0.25) is 0 Å². The Morgan fingerprint density at radius 3 is 2.22 bits per heavy atom. The minimum atomic E-state index is -0.664. The Morgan fingerprint density at radius 2 is 1.65 bits per heavy atom. The van der Waals surface area contributed by atoms with Crippen LogP contribution in [-0.2, 0) is 9.59 Å². The monoisotopic (exact) mass is 321 g/mol. The standard InChI is InChI=1S/C17H27N3O3/c1-3-20(4-2)15-10-8-14(9-11-15)19-17(23)16(22)18-12-6-5-7-13-21/h8-11,21H,3-7,12-13H2,1-2H3,(H,18,22)(H,19,23). The Hall–Kier alpha value is -2.08. The second-order valence-corrected chi connectivity index (χ2v) is 5.21. The molecular weight excluding hydrogens is 294 g/mol. The van der Waals surface area contributed by atoms with Crippen LogP contribution in [0.5, 0.6) is 0 Å². The molecule has 0 unspecified atom stereocenters. The van der Waals surface area contributed by atoms with Gasteiger partial charge >= 0.3 is 11.8 Å². The lowest BCUT2D eigenvalue weighted by Crippen LogP contribution is -2.35. The predicted molar refractivity (Wildman–Crippen MR) is 92.6 cm³/mol. The highest BCUT2D eigenvalue weighted by Gasteiger charge is 2.13. The number of nitrogens with zero attached hydrogens (tertiary/aromatic N) is 1. The number of rotatable bonds is 9. The fourth-order valence-corrected chi connectivity index (χ4v) is 2.23. The van der Waals surface area contributed by atoms with Crippen LogP contribution in [0.15, 0.2) is 24.3 Å². The van der Waals surface area contributed by atoms with E-state index in [9.17, 15) is 9.59 Å². The van der Waals surface area contributed by atoms with Crippen molar-refractivity contribution in [2.45, 2.75) is 33.1 Å². The zero-order valence-corrected chi connectivity index (χ0v) is 14.0. The number of carbonyl (C=O) groups excluding carboxylic acids is 2. The molecule has 0 radical (unpaired) electrons. The van der Waals surface area contributed by atoms with Crippen LogP contribution in [0.3, 0.4) is 0 Å². The molecule has 0 aromatic heterocycles. The molecule has 0 atom stereocenters. The molecule has 1 rings (SSSR count). The molecule has 0 spiro atoms. The van der Waals surface area contributed by atoms with Gasteiger partial charge in [0.15, 0.2) is 0 Å². The van der Waals surface area contributed by atoms with E-state index in [0.29, 0.717) is 18.7 Å². The molecule has 128 valence electrons. The maximum atomic E-state index is 11.8. The average Bonchev–Trinajstić information content (AvgIpc) is 2.57. The predicted octanol–water partition coefficient (Wildman–Crippen LogP) is 1.75. The van der Waals surface area contributed by atoms with Gasteiger partial charge < -0.3 is 20.6 Å². The number of unbranched alkanes of at least 4 members (excludes halogenated alkanes) is 2. The smallest absolute Gasteiger partial charge is 0.313 e. The highest BCUT2D eigenvalue weighted by atomic mass is 16.3. The molecule has 0 fully saturated rings. The number of carbonyl (C=O) groups is 2. The van der Waals surface area contributed by atoms with Crippen molar-refractivity contribution in [3.63, 3.8) is 0 Å². The Kier molecular flexibility index (Phi) is 8.75. The molecule has 2 amide bonds. The first kappa shape index (κ1) is 19.0. The quantitative estimate of drug-likeness (QED) is 0.478. The molecule has 0 heterocycles. The summed E-state index contributed by atoms with van der Waals surface area (Å²) in [6, 6.07) is 7.44. The number of hydrogen-bond acceptors (Lipinski definition) is 4. The second kappa shape index (κ2) is 10.6. The van der Waals surface area contributed by atoms with Crippen molar-refractivity contribution in [2.75, 3.05) is 36.5 Å². The van der Waals surface area contributed by atoms with Crippen LogP contribution in [0.2, 0.25) is 0 Å². The van der Waals surface area contributed by atoms with Crippen molar-refractivity contribution in [1.82, 2.24) is 5.32 Å². The van der Waals surface area contributed by atoms with Crippen molar-refractivity contribution >= 4 is 23.2 Å². The van der Waals surface area contributed by atoms with Gasteiger partial charge in [-0.25, -0.2) is 0 Å². The van der Waals surface area contributed by atoms with Crippen molar-refractivity contribution in [3.8, 4) is 0 Å². The van der Waals surface area contributed by atoms with Crippen molar-refractivity contribution < 1.29 is 14.7 Å². The summed E-state index contributed by atoms with van der Waals surface area (Å²) in [6.07, 6.45) is 2.28. The molecule has 0 saturated carbocycles. The lowest BCUT2D eigenvalue weighted by molar-refractivity contribution is -0.136. The molecule has 23 heavy (non-hydrogen) atoms. The molecule has 1 aromatic carbocycles. The van der Waals surface area contributed by atoms with E-state index in [2.05, 4.69) is 29.4 Å². The van der Waals surface area contributed by atoms with Crippen molar-refractivity contribution in [2.24, 2.45) is 0 Å².